The molecule has 2 atom stereocenters. The number of methoxy groups -OCH3 is 1. The van der Waals surface area contributed by atoms with Crippen molar-refractivity contribution in [2.75, 3.05) is 13.7 Å². The van der Waals surface area contributed by atoms with Gasteiger partial charge in [-0.3, -0.25) is 0 Å². The molecule has 0 saturated heterocycles. The molecule has 1 saturated carbocycles. The molecule has 2 rings (SSSR count). The lowest BCUT2D eigenvalue weighted by Gasteiger charge is -2.08. The Morgan fingerprint density at radius 3 is 2.56 bits per heavy atom. The second kappa shape index (κ2) is 4.38. The van der Waals surface area contributed by atoms with Gasteiger partial charge in [-0.05, 0) is 25.5 Å². The first-order chi connectivity index (χ1) is 8.46. The molecule has 18 heavy (non-hydrogen) atoms. The van der Waals surface area contributed by atoms with E-state index in [1.165, 1.54) is 7.11 Å². The normalized spacial score (nSPS) is 26.6. The van der Waals surface area contributed by atoms with Gasteiger partial charge in [0.15, 0.2) is 9.84 Å². The molecule has 0 spiro atoms. The molecule has 1 fully saturated rings. The summed E-state index contributed by atoms with van der Waals surface area (Å²) in [4.78, 5) is 0.284. The highest BCUT2D eigenvalue weighted by molar-refractivity contribution is 7.92. The molecule has 0 radical (unpaired) electrons. The van der Waals surface area contributed by atoms with E-state index in [-0.39, 0.29) is 11.5 Å². The van der Waals surface area contributed by atoms with Crippen LogP contribution >= 0.6 is 0 Å². The van der Waals surface area contributed by atoms with E-state index >= 15 is 0 Å². The minimum absolute atomic E-state index is 0.166. The van der Waals surface area contributed by atoms with Gasteiger partial charge in [-0.2, -0.15) is 5.26 Å². The van der Waals surface area contributed by atoms with E-state index in [9.17, 15) is 8.42 Å². The molecule has 1 aromatic rings. The summed E-state index contributed by atoms with van der Waals surface area (Å²) in [7, 11) is -1.95. The van der Waals surface area contributed by atoms with Crippen molar-refractivity contribution in [2.24, 2.45) is 5.41 Å². The van der Waals surface area contributed by atoms with Crippen LogP contribution in [0.15, 0.2) is 29.2 Å². The van der Waals surface area contributed by atoms with Crippen molar-refractivity contribution in [2.45, 2.75) is 23.5 Å². The second-order valence-corrected chi connectivity index (χ2v) is 6.88. The summed E-state index contributed by atoms with van der Waals surface area (Å²) < 4.78 is 29.7. The summed E-state index contributed by atoms with van der Waals surface area (Å²) >= 11 is 0. The van der Waals surface area contributed by atoms with Crippen LogP contribution in [0.2, 0.25) is 0 Å². The minimum Gasteiger partial charge on any atom is -0.383 e. The quantitative estimate of drug-likeness (QED) is 0.831. The zero-order valence-corrected chi connectivity index (χ0v) is 11.2. The molecule has 4 nitrogen and oxygen atoms in total. The smallest absolute Gasteiger partial charge is 0.182 e. The van der Waals surface area contributed by atoms with Gasteiger partial charge < -0.3 is 4.74 Å². The van der Waals surface area contributed by atoms with Gasteiger partial charge in [0, 0.05) is 7.11 Å². The van der Waals surface area contributed by atoms with Crippen LogP contribution in [0.4, 0.5) is 0 Å². The largest absolute Gasteiger partial charge is 0.383 e. The Bertz CT molecular complexity index is 586. The molecule has 5 heteroatoms. The van der Waals surface area contributed by atoms with E-state index < -0.39 is 20.5 Å². The Morgan fingerprint density at radius 2 is 2.06 bits per heavy atom. The Labute approximate surface area is 107 Å². The molecular formula is C13H15NO3S. The number of nitriles is 1. The standard InChI is InChI=1S/C13H15NO3S/c1-10-3-5-11(6-4-10)18(15,16)12-7-13(12,8-14)9-17-2/h3-6,12H,7,9H2,1-2H3/t12-,13-/m0/s1. The van der Waals surface area contributed by atoms with E-state index in [2.05, 4.69) is 6.07 Å². The fraction of sp³-hybridized carbons (Fsp3) is 0.462. The van der Waals surface area contributed by atoms with Crippen molar-refractivity contribution in [1.29, 1.82) is 5.26 Å². The van der Waals surface area contributed by atoms with E-state index in [1.807, 2.05) is 6.92 Å². The number of rotatable bonds is 4. The van der Waals surface area contributed by atoms with Gasteiger partial charge in [0.05, 0.1) is 28.2 Å². The number of nitrogens with zero attached hydrogens (tertiary/aromatic N) is 1. The van der Waals surface area contributed by atoms with Crippen LogP contribution in [0.25, 0.3) is 0 Å². The lowest BCUT2D eigenvalue weighted by molar-refractivity contribution is 0.164. The molecule has 0 N–H and O–H groups in total. The number of sulfone groups is 1. The maximum absolute atomic E-state index is 12.3. The topological polar surface area (TPSA) is 67.2 Å². The van der Waals surface area contributed by atoms with Gasteiger partial charge in [0.1, 0.15) is 0 Å². The van der Waals surface area contributed by atoms with Crippen molar-refractivity contribution < 1.29 is 13.2 Å². The lowest BCUT2D eigenvalue weighted by atomic mass is 10.1. The van der Waals surface area contributed by atoms with Crippen LogP contribution in [-0.2, 0) is 14.6 Å². The van der Waals surface area contributed by atoms with Gasteiger partial charge in [-0.15, -0.1) is 0 Å². The first kappa shape index (κ1) is 13.1. The highest BCUT2D eigenvalue weighted by atomic mass is 32.2. The average molecular weight is 265 g/mol. The highest BCUT2D eigenvalue weighted by Crippen LogP contribution is 2.52. The molecule has 0 bridgehead atoms. The van der Waals surface area contributed by atoms with Gasteiger partial charge in [0.2, 0.25) is 0 Å². The zero-order chi connectivity index (χ0) is 13.4. The lowest BCUT2D eigenvalue weighted by Crippen LogP contribution is -2.19. The Balaban J connectivity index is 2.30. The summed E-state index contributed by atoms with van der Waals surface area (Å²) in [5.74, 6) is 0. The molecule has 0 aromatic heterocycles. The summed E-state index contributed by atoms with van der Waals surface area (Å²) in [5, 5.41) is 8.48. The SMILES string of the molecule is COC[C@@]1(C#N)C[C@@H]1S(=O)(=O)c1ccc(C)cc1. The molecule has 1 aromatic carbocycles. The van der Waals surface area contributed by atoms with Gasteiger partial charge in [-0.25, -0.2) is 8.42 Å². The summed E-state index contributed by atoms with van der Waals surface area (Å²) in [6.07, 6.45) is 0.355. The number of hydrogen-bond acceptors (Lipinski definition) is 4. The fourth-order valence-corrected chi connectivity index (χ4v) is 4.21. The van der Waals surface area contributed by atoms with Crippen LogP contribution in [0.3, 0.4) is 0 Å². The third-order valence-electron chi connectivity index (χ3n) is 3.35. The second-order valence-electron chi connectivity index (χ2n) is 4.75. The number of aryl methyl sites for hydroxylation is 1. The van der Waals surface area contributed by atoms with Gasteiger partial charge >= 0.3 is 0 Å². The Morgan fingerprint density at radius 1 is 1.44 bits per heavy atom. The molecule has 0 aliphatic heterocycles. The van der Waals surface area contributed by atoms with Crippen molar-refractivity contribution in [3.05, 3.63) is 29.8 Å². The Kier molecular flexibility index (Phi) is 3.18. The van der Waals surface area contributed by atoms with Crippen molar-refractivity contribution in [3.8, 4) is 6.07 Å². The third kappa shape index (κ3) is 2.02. The van der Waals surface area contributed by atoms with Gasteiger partial charge in [0.25, 0.3) is 0 Å². The molecule has 0 unspecified atom stereocenters. The average Bonchev–Trinajstić information content (AvgIpc) is 3.06. The fourth-order valence-electron chi connectivity index (χ4n) is 2.13. The van der Waals surface area contributed by atoms with E-state index in [0.717, 1.165) is 5.56 Å². The maximum Gasteiger partial charge on any atom is 0.182 e. The molecule has 1 aliphatic rings. The first-order valence-corrected chi connectivity index (χ1v) is 7.22. The zero-order valence-electron chi connectivity index (χ0n) is 10.4. The van der Waals surface area contributed by atoms with Crippen LogP contribution < -0.4 is 0 Å². The number of benzene rings is 1. The van der Waals surface area contributed by atoms with Gasteiger partial charge in [-0.1, -0.05) is 17.7 Å². The number of ether oxygens (including phenoxy) is 1. The molecule has 96 valence electrons. The molecule has 1 aliphatic carbocycles. The minimum atomic E-state index is -3.43. The number of hydrogen-bond donors (Lipinski definition) is 0. The highest BCUT2D eigenvalue weighted by Gasteiger charge is 2.62. The Hall–Kier alpha value is -1.38. The van der Waals surface area contributed by atoms with E-state index in [4.69, 9.17) is 10.00 Å². The molecule has 0 amide bonds. The molecule has 0 heterocycles. The predicted octanol–water partition coefficient (Wildman–Crippen LogP) is 1.70. The van der Waals surface area contributed by atoms with Crippen LogP contribution in [0.1, 0.15) is 12.0 Å². The van der Waals surface area contributed by atoms with Crippen molar-refractivity contribution in [3.63, 3.8) is 0 Å². The van der Waals surface area contributed by atoms with Crippen molar-refractivity contribution >= 4 is 9.84 Å². The van der Waals surface area contributed by atoms with Crippen molar-refractivity contribution in [1.82, 2.24) is 0 Å². The monoisotopic (exact) mass is 265 g/mol. The first-order valence-electron chi connectivity index (χ1n) is 5.67. The summed E-state index contributed by atoms with van der Waals surface area (Å²) in [6.45, 7) is 2.07. The van der Waals surface area contributed by atoms with Crippen LogP contribution in [0, 0.1) is 23.7 Å². The predicted molar refractivity (Wildman–Crippen MR) is 66.7 cm³/mol. The maximum atomic E-state index is 12.3. The third-order valence-corrected chi connectivity index (χ3v) is 5.65. The molecular weight excluding hydrogens is 250 g/mol. The van der Waals surface area contributed by atoms with Crippen LogP contribution in [-0.4, -0.2) is 27.4 Å². The van der Waals surface area contributed by atoms with E-state index in [0.29, 0.717) is 6.42 Å². The summed E-state index contributed by atoms with van der Waals surface area (Å²) in [6, 6.07) is 8.80. The van der Waals surface area contributed by atoms with Crippen LogP contribution in [0.5, 0.6) is 0 Å². The summed E-state index contributed by atoms with van der Waals surface area (Å²) in [5.41, 5.74) is 0.145. The van der Waals surface area contributed by atoms with E-state index in [1.54, 1.807) is 24.3 Å².